The molecular weight excluding hydrogens is 347 g/mol. The average molecular weight is 368 g/mol. The molecule has 26 heavy (non-hydrogen) atoms. The third kappa shape index (κ3) is 3.10. The molecule has 134 valence electrons. The van der Waals surface area contributed by atoms with Crippen LogP contribution in [0.4, 0.5) is 10.3 Å². The lowest BCUT2D eigenvalue weighted by Crippen LogP contribution is -2.47. The molecule has 0 amide bonds. The molecule has 1 saturated heterocycles. The van der Waals surface area contributed by atoms with E-state index < -0.39 is 0 Å². The van der Waals surface area contributed by atoms with Crippen LogP contribution in [0, 0.1) is 5.82 Å². The lowest BCUT2D eigenvalue weighted by Gasteiger charge is -2.41. The van der Waals surface area contributed by atoms with Crippen molar-refractivity contribution in [3.8, 4) is 11.3 Å². The highest BCUT2D eigenvalue weighted by Gasteiger charge is 2.35. The Kier molecular flexibility index (Phi) is 4.70. The van der Waals surface area contributed by atoms with Gasteiger partial charge in [-0.3, -0.25) is 0 Å². The zero-order valence-corrected chi connectivity index (χ0v) is 15.3. The summed E-state index contributed by atoms with van der Waals surface area (Å²) in [6, 6.07) is 12.4. The minimum Gasteiger partial charge on any atom is -0.341 e. The SMILES string of the molecule is NCC1(c2ccccc2)CCN(c2ncc(F)c(-c3ccsc3)n2)CC1. The zero-order valence-electron chi connectivity index (χ0n) is 14.4. The van der Waals surface area contributed by atoms with Crippen LogP contribution in [0.2, 0.25) is 0 Å². The van der Waals surface area contributed by atoms with Gasteiger partial charge in [0.15, 0.2) is 5.82 Å². The number of benzene rings is 1. The molecule has 2 N–H and O–H groups in total. The molecule has 2 aromatic heterocycles. The van der Waals surface area contributed by atoms with Gasteiger partial charge in [-0.2, -0.15) is 11.3 Å². The van der Waals surface area contributed by atoms with Crippen LogP contribution < -0.4 is 10.6 Å². The second kappa shape index (κ2) is 7.13. The van der Waals surface area contributed by atoms with E-state index in [1.165, 1.54) is 23.1 Å². The molecular formula is C20H21FN4S. The van der Waals surface area contributed by atoms with Crippen molar-refractivity contribution in [3.63, 3.8) is 0 Å². The summed E-state index contributed by atoms with van der Waals surface area (Å²) in [6.45, 7) is 2.23. The van der Waals surface area contributed by atoms with Crippen LogP contribution in [0.5, 0.6) is 0 Å². The predicted octanol–water partition coefficient (Wildman–Crippen LogP) is 3.84. The molecule has 0 spiro atoms. The largest absolute Gasteiger partial charge is 0.341 e. The summed E-state index contributed by atoms with van der Waals surface area (Å²) in [5, 5.41) is 3.83. The predicted molar refractivity (Wildman–Crippen MR) is 104 cm³/mol. The fraction of sp³-hybridized carbons (Fsp3) is 0.300. The maximum atomic E-state index is 14.1. The van der Waals surface area contributed by atoms with E-state index in [9.17, 15) is 4.39 Å². The Hall–Kier alpha value is -2.31. The molecule has 0 atom stereocenters. The van der Waals surface area contributed by atoms with Gasteiger partial charge >= 0.3 is 0 Å². The van der Waals surface area contributed by atoms with E-state index in [0.29, 0.717) is 18.2 Å². The van der Waals surface area contributed by atoms with Gasteiger partial charge in [-0.1, -0.05) is 30.3 Å². The van der Waals surface area contributed by atoms with E-state index >= 15 is 0 Å². The fourth-order valence-corrected chi connectivity index (χ4v) is 4.29. The third-order valence-electron chi connectivity index (χ3n) is 5.31. The Balaban J connectivity index is 1.56. The van der Waals surface area contributed by atoms with Gasteiger partial charge in [-0.05, 0) is 29.9 Å². The summed E-state index contributed by atoms with van der Waals surface area (Å²) < 4.78 is 14.1. The Morgan fingerprint density at radius 2 is 1.92 bits per heavy atom. The molecule has 3 heterocycles. The molecule has 0 aliphatic carbocycles. The second-order valence-electron chi connectivity index (χ2n) is 6.72. The molecule has 4 nitrogen and oxygen atoms in total. The van der Waals surface area contributed by atoms with E-state index in [4.69, 9.17) is 5.73 Å². The van der Waals surface area contributed by atoms with Crippen molar-refractivity contribution in [2.24, 2.45) is 5.73 Å². The molecule has 0 saturated carbocycles. The van der Waals surface area contributed by atoms with Crippen LogP contribution in [0.3, 0.4) is 0 Å². The van der Waals surface area contributed by atoms with Crippen LogP contribution in [0.15, 0.2) is 53.4 Å². The van der Waals surface area contributed by atoms with Gasteiger partial charge in [0.05, 0.1) is 6.20 Å². The molecule has 1 aliphatic rings. The average Bonchev–Trinajstić information content (AvgIpc) is 3.24. The first-order chi connectivity index (χ1) is 12.7. The van der Waals surface area contributed by atoms with E-state index in [1.807, 2.05) is 22.9 Å². The monoisotopic (exact) mass is 368 g/mol. The standard InChI is InChI=1S/C20H21FN4S/c21-17-12-23-19(24-18(17)15-6-11-26-13-15)25-9-7-20(14-22,8-10-25)16-4-2-1-3-5-16/h1-6,11-13H,7-10,14,22H2. The third-order valence-corrected chi connectivity index (χ3v) is 5.99. The minimum atomic E-state index is -0.384. The van der Waals surface area contributed by atoms with Gasteiger partial charge in [0.1, 0.15) is 5.69 Å². The molecule has 0 unspecified atom stereocenters. The fourth-order valence-electron chi connectivity index (χ4n) is 3.65. The first-order valence-corrected chi connectivity index (χ1v) is 9.72. The Morgan fingerprint density at radius 1 is 1.15 bits per heavy atom. The number of nitrogens with two attached hydrogens (primary N) is 1. The lowest BCUT2D eigenvalue weighted by atomic mass is 9.73. The number of nitrogens with zero attached hydrogens (tertiary/aromatic N) is 3. The Bertz CT molecular complexity index is 859. The summed E-state index contributed by atoms with van der Waals surface area (Å²) in [5.41, 5.74) is 8.62. The lowest BCUT2D eigenvalue weighted by molar-refractivity contribution is 0.338. The van der Waals surface area contributed by atoms with Crippen molar-refractivity contribution in [3.05, 3.63) is 64.7 Å². The topological polar surface area (TPSA) is 55.0 Å². The van der Waals surface area contributed by atoms with Gasteiger partial charge in [0.25, 0.3) is 0 Å². The molecule has 0 radical (unpaired) electrons. The van der Waals surface area contributed by atoms with Crippen LogP contribution in [-0.2, 0) is 5.41 Å². The Morgan fingerprint density at radius 3 is 2.58 bits per heavy atom. The summed E-state index contributed by atoms with van der Waals surface area (Å²) in [4.78, 5) is 10.9. The molecule has 0 bridgehead atoms. The number of halogens is 1. The van der Waals surface area contributed by atoms with E-state index in [1.54, 1.807) is 0 Å². The zero-order chi connectivity index (χ0) is 18.0. The van der Waals surface area contributed by atoms with Crippen LogP contribution in [-0.4, -0.2) is 29.6 Å². The minimum absolute atomic E-state index is 0.00597. The van der Waals surface area contributed by atoms with Crippen LogP contribution in [0.25, 0.3) is 11.3 Å². The highest BCUT2D eigenvalue weighted by molar-refractivity contribution is 7.08. The van der Waals surface area contributed by atoms with Crippen molar-refractivity contribution < 1.29 is 4.39 Å². The second-order valence-corrected chi connectivity index (χ2v) is 7.50. The normalized spacial score (nSPS) is 16.6. The summed E-state index contributed by atoms with van der Waals surface area (Å²) in [6.07, 6.45) is 3.14. The molecule has 3 aromatic rings. The molecule has 1 aliphatic heterocycles. The molecule has 1 aromatic carbocycles. The van der Waals surface area contributed by atoms with Gasteiger partial charge in [-0.25, -0.2) is 14.4 Å². The van der Waals surface area contributed by atoms with E-state index in [-0.39, 0.29) is 11.2 Å². The molecule has 6 heteroatoms. The molecule has 1 fully saturated rings. The van der Waals surface area contributed by atoms with Crippen molar-refractivity contribution >= 4 is 17.3 Å². The first-order valence-electron chi connectivity index (χ1n) is 8.77. The number of piperidine rings is 1. The smallest absolute Gasteiger partial charge is 0.226 e. The maximum absolute atomic E-state index is 14.1. The van der Waals surface area contributed by atoms with Gasteiger partial charge in [0, 0.05) is 36.0 Å². The number of hydrogen-bond donors (Lipinski definition) is 1. The van der Waals surface area contributed by atoms with E-state index in [0.717, 1.165) is 31.5 Å². The van der Waals surface area contributed by atoms with Crippen molar-refractivity contribution in [1.29, 1.82) is 0 Å². The number of hydrogen-bond acceptors (Lipinski definition) is 5. The van der Waals surface area contributed by atoms with Gasteiger partial charge < -0.3 is 10.6 Å². The Labute approximate surface area is 156 Å². The first kappa shape index (κ1) is 17.1. The summed E-state index contributed by atoms with van der Waals surface area (Å²) >= 11 is 1.53. The van der Waals surface area contributed by atoms with Crippen LogP contribution >= 0.6 is 11.3 Å². The highest BCUT2D eigenvalue weighted by Crippen LogP contribution is 2.35. The number of thiophene rings is 1. The number of rotatable bonds is 4. The van der Waals surface area contributed by atoms with Gasteiger partial charge in [0.2, 0.25) is 5.95 Å². The van der Waals surface area contributed by atoms with E-state index in [2.05, 4.69) is 39.1 Å². The number of anilines is 1. The van der Waals surface area contributed by atoms with Gasteiger partial charge in [-0.15, -0.1) is 0 Å². The van der Waals surface area contributed by atoms with Crippen molar-refractivity contribution in [2.75, 3.05) is 24.5 Å². The van der Waals surface area contributed by atoms with Crippen LogP contribution in [0.1, 0.15) is 18.4 Å². The summed E-state index contributed by atoms with van der Waals surface area (Å²) in [7, 11) is 0. The van der Waals surface area contributed by atoms with Crippen molar-refractivity contribution in [1.82, 2.24) is 9.97 Å². The van der Waals surface area contributed by atoms with Crippen molar-refractivity contribution in [2.45, 2.75) is 18.3 Å². The highest BCUT2D eigenvalue weighted by atomic mass is 32.1. The maximum Gasteiger partial charge on any atom is 0.226 e. The molecule has 4 rings (SSSR count). The quantitative estimate of drug-likeness (QED) is 0.760. The summed E-state index contributed by atoms with van der Waals surface area (Å²) in [5.74, 6) is 0.205. The number of aromatic nitrogens is 2.